The number of rotatable bonds is 3. The average Bonchev–Trinajstić information content (AvgIpc) is 2.97. The summed E-state index contributed by atoms with van der Waals surface area (Å²) in [6.07, 6.45) is 1.24. The van der Waals surface area contributed by atoms with Crippen LogP contribution in [0.4, 0.5) is 4.39 Å². The van der Waals surface area contributed by atoms with Crippen molar-refractivity contribution in [2.24, 2.45) is 11.1 Å². The highest BCUT2D eigenvalue weighted by Crippen LogP contribution is 2.53. The Labute approximate surface area is 82.5 Å². The highest BCUT2D eigenvalue weighted by Gasteiger charge is 2.48. The molecule has 2 rings (SSSR count). The zero-order valence-corrected chi connectivity index (χ0v) is 7.91. The molecule has 0 heterocycles. The number of aliphatic hydroxyl groups excluding tert-OH is 1. The first-order chi connectivity index (χ1) is 6.68. The third-order valence-corrected chi connectivity index (χ3v) is 3.04. The topological polar surface area (TPSA) is 46.2 Å². The molecule has 1 aliphatic rings. The van der Waals surface area contributed by atoms with E-state index in [1.807, 2.05) is 0 Å². The number of hydrogen-bond donors (Lipinski definition) is 2. The summed E-state index contributed by atoms with van der Waals surface area (Å²) in [5.74, 6) is -0.311. The van der Waals surface area contributed by atoms with Crippen molar-refractivity contribution in [2.75, 3.05) is 6.54 Å². The van der Waals surface area contributed by atoms with Gasteiger partial charge in [0.2, 0.25) is 0 Å². The Morgan fingerprint density at radius 3 is 2.71 bits per heavy atom. The van der Waals surface area contributed by atoms with Gasteiger partial charge in [-0.05, 0) is 30.5 Å². The Morgan fingerprint density at radius 1 is 1.50 bits per heavy atom. The zero-order valence-electron chi connectivity index (χ0n) is 7.91. The SMILES string of the molecule is NCC1(C(O)c2cccc(F)c2)CC1. The average molecular weight is 195 g/mol. The van der Waals surface area contributed by atoms with Gasteiger partial charge in [0.1, 0.15) is 5.82 Å². The summed E-state index contributed by atoms with van der Waals surface area (Å²) in [7, 11) is 0. The Morgan fingerprint density at radius 2 is 2.21 bits per heavy atom. The minimum Gasteiger partial charge on any atom is -0.388 e. The van der Waals surface area contributed by atoms with E-state index in [0.29, 0.717) is 12.1 Å². The molecule has 0 spiro atoms. The van der Waals surface area contributed by atoms with E-state index in [0.717, 1.165) is 12.8 Å². The van der Waals surface area contributed by atoms with Gasteiger partial charge in [-0.15, -0.1) is 0 Å². The predicted molar refractivity (Wildman–Crippen MR) is 52.1 cm³/mol. The van der Waals surface area contributed by atoms with Gasteiger partial charge >= 0.3 is 0 Å². The van der Waals surface area contributed by atoms with Crippen LogP contribution in [0.5, 0.6) is 0 Å². The second-order valence-corrected chi connectivity index (χ2v) is 4.02. The summed E-state index contributed by atoms with van der Waals surface area (Å²) >= 11 is 0. The van der Waals surface area contributed by atoms with Crippen LogP contribution in [0.3, 0.4) is 0 Å². The zero-order chi connectivity index (χ0) is 10.2. The number of halogens is 1. The van der Waals surface area contributed by atoms with Crippen molar-refractivity contribution in [1.29, 1.82) is 0 Å². The molecule has 76 valence electrons. The lowest BCUT2D eigenvalue weighted by molar-refractivity contribution is 0.0972. The molecule has 1 unspecified atom stereocenters. The molecule has 0 bridgehead atoms. The molecule has 0 aliphatic heterocycles. The first-order valence-corrected chi connectivity index (χ1v) is 4.81. The highest BCUT2D eigenvalue weighted by molar-refractivity contribution is 5.23. The molecule has 1 fully saturated rings. The molecule has 14 heavy (non-hydrogen) atoms. The second-order valence-electron chi connectivity index (χ2n) is 4.02. The second kappa shape index (κ2) is 3.33. The third kappa shape index (κ3) is 1.53. The van der Waals surface area contributed by atoms with Crippen LogP contribution in [-0.4, -0.2) is 11.7 Å². The molecule has 1 atom stereocenters. The van der Waals surface area contributed by atoms with Gasteiger partial charge in [0.05, 0.1) is 6.10 Å². The quantitative estimate of drug-likeness (QED) is 0.769. The standard InChI is InChI=1S/C11H14FNO/c12-9-3-1-2-8(6-9)10(14)11(7-13)4-5-11/h1-3,6,10,14H,4-5,7,13H2. The number of benzene rings is 1. The number of nitrogens with two attached hydrogens (primary N) is 1. The first kappa shape index (κ1) is 9.62. The van der Waals surface area contributed by atoms with Crippen LogP contribution in [-0.2, 0) is 0 Å². The van der Waals surface area contributed by atoms with Crippen molar-refractivity contribution < 1.29 is 9.50 Å². The molecule has 2 nitrogen and oxygen atoms in total. The molecule has 0 amide bonds. The smallest absolute Gasteiger partial charge is 0.123 e. The van der Waals surface area contributed by atoms with E-state index < -0.39 is 6.10 Å². The van der Waals surface area contributed by atoms with Gasteiger partial charge in [0, 0.05) is 12.0 Å². The van der Waals surface area contributed by atoms with Gasteiger partial charge < -0.3 is 10.8 Å². The summed E-state index contributed by atoms with van der Waals surface area (Å²) in [6.45, 7) is 0.463. The van der Waals surface area contributed by atoms with Gasteiger partial charge in [-0.1, -0.05) is 12.1 Å². The lowest BCUT2D eigenvalue weighted by Gasteiger charge is -2.20. The van der Waals surface area contributed by atoms with E-state index in [1.54, 1.807) is 12.1 Å². The third-order valence-electron chi connectivity index (χ3n) is 3.04. The van der Waals surface area contributed by atoms with Crippen LogP contribution in [0, 0.1) is 11.2 Å². The van der Waals surface area contributed by atoms with Crippen LogP contribution >= 0.6 is 0 Å². The van der Waals surface area contributed by atoms with Gasteiger partial charge in [0.25, 0.3) is 0 Å². The molecule has 1 aromatic carbocycles. The maximum Gasteiger partial charge on any atom is 0.123 e. The summed E-state index contributed by atoms with van der Waals surface area (Å²) in [4.78, 5) is 0. The first-order valence-electron chi connectivity index (χ1n) is 4.81. The predicted octanol–water partition coefficient (Wildman–Crippen LogP) is 1.60. The van der Waals surface area contributed by atoms with Gasteiger partial charge in [-0.25, -0.2) is 4.39 Å². The van der Waals surface area contributed by atoms with E-state index in [4.69, 9.17) is 5.73 Å². The van der Waals surface area contributed by atoms with Crippen LogP contribution in [0.2, 0.25) is 0 Å². The van der Waals surface area contributed by atoms with E-state index in [9.17, 15) is 9.50 Å². The van der Waals surface area contributed by atoms with Gasteiger partial charge in [-0.2, -0.15) is 0 Å². The lowest BCUT2D eigenvalue weighted by Crippen LogP contribution is -2.23. The summed E-state index contributed by atoms with van der Waals surface area (Å²) < 4.78 is 12.9. The molecule has 1 saturated carbocycles. The van der Waals surface area contributed by atoms with Crippen LogP contribution < -0.4 is 5.73 Å². The molecule has 0 aromatic heterocycles. The number of hydrogen-bond acceptors (Lipinski definition) is 2. The molecule has 0 saturated heterocycles. The van der Waals surface area contributed by atoms with Gasteiger partial charge in [0.15, 0.2) is 0 Å². The van der Waals surface area contributed by atoms with Gasteiger partial charge in [-0.3, -0.25) is 0 Å². The van der Waals surface area contributed by atoms with Crippen molar-refractivity contribution >= 4 is 0 Å². The Kier molecular flexibility index (Phi) is 2.29. The highest BCUT2D eigenvalue weighted by atomic mass is 19.1. The van der Waals surface area contributed by atoms with Crippen molar-refractivity contribution in [2.45, 2.75) is 18.9 Å². The molecular formula is C11H14FNO. The van der Waals surface area contributed by atoms with E-state index >= 15 is 0 Å². The monoisotopic (exact) mass is 195 g/mol. The minimum absolute atomic E-state index is 0.187. The fourth-order valence-electron chi connectivity index (χ4n) is 1.78. The molecule has 3 heteroatoms. The summed E-state index contributed by atoms with van der Waals surface area (Å²) in [5, 5.41) is 9.99. The Bertz CT molecular complexity index is 336. The minimum atomic E-state index is -0.622. The maximum atomic E-state index is 12.9. The largest absolute Gasteiger partial charge is 0.388 e. The van der Waals surface area contributed by atoms with E-state index in [2.05, 4.69) is 0 Å². The van der Waals surface area contributed by atoms with Crippen molar-refractivity contribution in [3.8, 4) is 0 Å². The van der Waals surface area contributed by atoms with E-state index in [1.165, 1.54) is 12.1 Å². The Balaban J connectivity index is 2.23. The van der Waals surface area contributed by atoms with Crippen LogP contribution in [0.1, 0.15) is 24.5 Å². The molecule has 1 aromatic rings. The van der Waals surface area contributed by atoms with E-state index in [-0.39, 0.29) is 11.2 Å². The normalized spacial score (nSPS) is 20.5. The van der Waals surface area contributed by atoms with Crippen molar-refractivity contribution in [3.63, 3.8) is 0 Å². The fraction of sp³-hybridized carbons (Fsp3) is 0.455. The molecule has 3 N–H and O–H groups in total. The summed E-state index contributed by atoms with van der Waals surface area (Å²) in [6, 6.07) is 6.10. The van der Waals surface area contributed by atoms with Crippen LogP contribution in [0.15, 0.2) is 24.3 Å². The fourth-order valence-corrected chi connectivity index (χ4v) is 1.78. The van der Waals surface area contributed by atoms with Crippen molar-refractivity contribution in [3.05, 3.63) is 35.6 Å². The molecular weight excluding hydrogens is 181 g/mol. The number of aliphatic hydroxyl groups is 1. The molecule has 0 radical (unpaired) electrons. The van der Waals surface area contributed by atoms with Crippen molar-refractivity contribution in [1.82, 2.24) is 0 Å². The maximum absolute atomic E-state index is 12.9. The lowest BCUT2D eigenvalue weighted by atomic mass is 9.93. The summed E-state index contributed by atoms with van der Waals surface area (Å²) in [5.41, 5.74) is 6.04. The van der Waals surface area contributed by atoms with Crippen LogP contribution in [0.25, 0.3) is 0 Å². The Hall–Kier alpha value is -0.930. The molecule has 1 aliphatic carbocycles.